The number of pyridine rings is 1. The maximum Gasteiger partial charge on any atom is 0.222 e. The Bertz CT molecular complexity index is 582. The van der Waals surface area contributed by atoms with Crippen molar-refractivity contribution in [2.75, 3.05) is 5.32 Å². The lowest BCUT2D eigenvalue weighted by Gasteiger charge is -2.06. The number of nitriles is 1. The van der Waals surface area contributed by atoms with Crippen LogP contribution < -0.4 is 5.32 Å². The van der Waals surface area contributed by atoms with Crippen molar-refractivity contribution in [2.24, 2.45) is 0 Å². The van der Waals surface area contributed by atoms with Crippen LogP contribution in [0.3, 0.4) is 0 Å². The van der Waals surface area contributed by atoms with E-state index in [9.17, 15) is 4.79 Å². The first-order chi connectivity index (χ1) is 8.22. The molecule has 0 unspecified atom stereocenters. The third-order valence-corrected chi connectivity index (χ3v) is 2.05. The number of nitrogens with zero attached hydrogens (tertiary/aromatic N) is 4. The Morgan fingerprint density at radius 2 is 2.35 bits per heavy atom. The van der Waals surface area contributed by atoms with E-state index < -0.39 is 0 Å². The largest absolute Gasteiger partial charge is 0.310 e. The van der Waals surface area contributed by atoms with Gasteiger partial charge in [-0.15, -0.1) is 0 Å². The number of aromatic nitrogens is 3. The zero-order valence-electron chi connectivity index (χ0n) is 9.08. The molecule has 17 heavy (non-hydrogen) atoms. The van der Waals surface area contributed by atoms with Crippen molar-refractivity contribution in [1.29, 1.82) is 5.26 Å². The zero-order chi connectivity index (χ0) is 12.3. The fourth-order valence-electron chi connectivity index (χ4n) is 1.37. The molecular formula is C11H9N5O. The van der Waals surface area contributed by atoms with Gasteiger partial charge in [0.1, 0.15) is 11.6 Å². The van der Waals surface area contributed by atoms with Crippen LogP contribution in [-0.2, 0) is 4.79 Å². The molecule has 0 aliphatic carbocycles. The highest BCUT2D eigenvalue weighted by atomic mass is 16.1. The Hall–Kier alpha value is -2.68. The van der Waals surface area contributed by atoms with Gasteiger partial charge in [0.25, 0.3) is 0 Å². The lowest BCUT2D eigenvalue weighted by Crippen LogP contribution is -2.12. The van der Waals surface area contributed by atoms with Crippen LogP contribution in [0.4, 0.5) is 5.82 Å². The molecule has 2 aromatic heterocycles. The Labute approximate surface area is 97.5 Å². The molecule has 0 aliphatic rings. The third kappa shape index (κ3) is 2.13. The number of rotatable bonds is 2. The van der Waals surface area contributed by atoms with Gasteiger partial charge in [0, 0.05) is 13.1 Å². The molecule has 0 saturated heterocycles. The van der Waals surface area contributed by atoms with Gasteiger partial charge < -0.3 is 5.32 Å². The second-order valence-corrected chi connectivity index (χ2v) is 3.30. The predicted octanol–water partition coefficient (Wildman–Crippen LogP) is 1.10. The van der Waals surface area contributed by atoms with E-state index >= 15 is 0 Å². The first-order valence-corrected chi connectivity index (χ1v) is 4.89. The molecule has 1 amide bonds. The molecular weight excluding hydrogens is 218 g/mol. The van der Waals surface area contributed by atoms with Gasteiger partial charge in [0.05, 0.1) is 6.20 Å². The summed E-state index contributed by atoms with van der Waals surface area (Å²) in [6, 6.07) is 7.27. The SMILES string of the molecule is CC(=O)Nc1c(C#N)cnn1-c1ccccn1. The van der Waals surface area contributed by atoms with Crippen LogP contribution in [0.5, 0.6) is 0 Å². The maximum absolute atomic E-state index is 11.1. The Morgan fingerprint density at radius 1 is 1.53 bits per heavy atom. The second kappa shape index (κ2) is 4.45. The number of nitrogens with one attached hydrogen (secondary N) is 1. The molecule has 0 bridgehead atoms. The molecule has 0 aliphatic heterocycles. The first-order valence-electron chi connectivity index (χ1n) is 4.89. The van der Waals surface area contributed by atoms with Crippen molar-refractivity contribution in [3.05, 3.63) is 36.2 Å². The smallest absolute Gasteiger partial charge is 0.222 e. The van der Waals surface area contributed by atoms with Gasteiger partial charge in [-0.3, -0.25) is 4.79 Å². The number of hydrogen-bond acceptors (Lipinski definition) is 4. The van der Waals surface area contributed by atoms with E-state index in [4.69, 9.17) is 5.26 Å². The molecule has 2 rings (SSSR count). The number of anilines is 1. The average Bonchev–Trinajstić information content (AvgIpc) is 2.72. The molecule has 0 aromatic carbocycles. The van der Waals surface area contributed by atoms with Crippen LogP contribution >= 0.6 is 0 Å². The Balaban J connectivity index is 2.52. The van der Waals surface area contributed by atoms with Crippen molar-refractivity contribution in [3.63, 3.8) is 0 Å². The summed E-state index contributed by atoms with van der Waals surface area (Å²) in [5.74, 6) is 0.607. The minimum Gasteiger partial charge on any atom is -0.310 e. The highest BCUT2D eigenvalue weighted by Gasteiger charge is 2.13. The van der Waals surface area contributed by atoms with Crippen molar-refractivity contribution in [1.82, 2.24) is 14.8 Å². The number of carbonyl (C=O) groups excluding carboxylic acids is 1. The van der Waals surface area contributed by atoms with E-state index in [0.29, 0.717) is 17.2 Å². The van der Waals surface area contributed by atoms with Crippen molar-refractivity contribution in [2.45, 2.75) is 6.92 Å². The van der Waals surface area contributed by atoms with E-state index in [0.717, 1.165) is 0 Å². The zero-order valence-corrected chi connectivity index (χ0v) is 9.08. The quantitative estimate of drug-likeness (QED) is 0.832. The normalized spacial score (nSPS) is 9.65. The molecule has 0 saturated carbocycles. The minimum atomic E-state index is -0.265. The number of carbonyl (C=O) groups is 1. The maximum atomic E-state index is 11.1. The van der Waals surface area contributed by atoms with Crippen LogP contribution in [0.25, 0.3) is 5.82 Å². The summed E-state index contributed by atoms with van der Waals surface area (Å²) in [6.07, 6.45) is 3.00. The highest BCUT2D eigenvalue weighted by molar-refractivity contribution is 5.89. The summed E-state index contributed by atoms with van der Waals surface area (Å²) in [5.41, 5.74) is 0.297. The summed E-state index contributed by atoms with van der Waals surface area (Å²) in [4.78, 5) is 15.2. The molecule has 0 atom stereocenters. The van der Waals surface area contributed by atoms with Gasteiger partial charge in [-0.1, -0.05) is 6.07 Å². The van der Waals surface area contributed by atoms with Gasteiger partial charge in [-0.05, 0) is 12.1 Å². The lowest BCUT2D eigenvalue weighted by atomic mass is 10.3. The highest BCUT2D eigenvalue weighted by Crippen LogP contribution is 2.17. The summed E-state index contributed by atoms with van der Waals surface area (Å²) < 4.78 is 1.42. The molecule has 0 radical (unpaired) electrons. The average molecular weight is 227 g/mol. The lowest BCUT2D eigenvalue weighted by molar-refractivity contribution is -0.114. The summed E-state index contributed by atoms with van der Waals surface area (Å²) in [5, 5.41) is 15.5. The first kappa shape index (κ1) is 10.8. The molecule has 1 N–H and O–H groups in total. The number of amides is 1. The molecule has 0 fully saturated rings. The molecule has 2 aromatic rings. The molecule has 2 heterocycles. The van der Waals surface area contributed by atoms with Crippen LogP contribution in [0.2, 0.25) is 0 Å². The topological polar surface area (TPSA) is 83.6 Å². The minimum absolute atomic E-state index is 0.265. The van der Waals surface area contributed by atoms with Crippen LogP contribution in [-0.4, -0.2) is 20.7 Å². The predicted molar refractivity (Wildman–Crippen MR) is 60.4 cm³/mol. The van der Waals surface area contributed by atoms with E-state index in [1.54, 1.807) is 24.4 Å². The van der Waals surface area contributed by atoms with Gasteiger partial charge in [0.15, 0.2) is 11.6 Å². The standard InChI is InChI=1S/C11H9N5O/c1-8(17)15-11-9(6-12)7-14-16(11)10-4-2-3-5-13-10/h2-5,7H,1H3,(H,15,17). The van der Waals surface area contributed by atoms with Gasteiger partial charge in [-0.2, -0.15) is 15.0 Å². The van der Waals surface area contributed by atoms with E-state index in [-0.39, 0.29) is 5.91 Å². The Kier molecular flexibility index (Phi) is 2.83. The fraction of sp³-hybridized carbons (Fsp3) is 0.0909. The second-order valence-electron chi connectivity index (χ2n) is 3.30. The molecule has 0 spiro atoms. The van der Waals surface area contributed by atoms with Gasteiger partial charge in [-0.25, -0.2) is 4.98 Å². The molecule has 84 valence electrons. The van der Waals surface area contributed by atoms with Gasteiger partial charge >= 0.3 is 0 Å². The van der Waals surface area contributed by atoms with Crippen LogP contribution in [0.1, 0.15) is 12.5 Å². The third-order valence-electron chi connectivity index (χ3n) is 2.05. The molecule has 6 heteroatoms. The van der Waals surface area contributed by atoms with Crippen molar-refractivity contribution >= 4 is 11.7 Å². The summed E-state index contributed by atoms with van der Waals surface area (Å²) in [6.45, 7) is 1.37. The summed E-state index contributed by atoms with van der Waals surface area (Å²) in [7, 11) is 0. The molecule has 6 nitrogen and oxygen atoms in total. The monoisotopic (exact) mass is 227 g/mol. The van der Waals surface area contributed by atoms with E-state index in [1.165, 1.54) is 17.8 Å². The van der Waals surface area contributed by atoms with Crippen LogP contribution in [0, 0.1) is 11.3 Å². The Morgan fingerprint density at radius 3 is 2.94 bits per heavy atom. The fourth-order valence-corrected chi connectivity index (χ4v) is 1.37. The summed E-state index contributed by atoms with van der Waals surface area (Å²) >= 11 is 0. The van der Waals surface area contributed by atoms with E-state index in [1.807, 2.05) is 6.07 Å². The number of hydrogen-bond donors (Lipinski definition) is 1. The van der Waals surface area contributed by atoms with Crippen molar-refractivity contribution in [3.8, 4) is 11.9 Å². The van der Waals surface area contributed by atoms with E-state index in [2.05, 4.69) is 15.4 Å². The van der Waals surface area contributed by atoms with Gasteiger partial charge in [0.2, 0.25) is 5.91 Å². The van der Waals surface area contributed by atoms with Crippen LogP contribution in [0.15, 0.2) is 30.6 Å². The van der Waals surface area contributed by atoms with Crippen molar-refractivity contribution < 1.29 is 4.79 Å².